The molecular formula is C13H19N3O3S. The summed E-state index contributed by atoms with van der Waals surface area (Å²) in [6.07, 6.45) is 3.51. The predicted molar refractivity (Wildman–Crippen MR) is 76.7 cm³/mol. The molecule has 0 aromatic heterocycles. The van der Waals surface area contributed by atoms with E-state index < -0.39 is 10.0 Å². The first kappa shape index (κ1) is 13.7. The number of sulfonamides is 1. The van der Waals surface area contributed by atoms with Gasteiger partial charge in [0.2, 0.25) is 10.0 Å². The topological polar surface area (TPSA) is 107 Å². The van der Waals surface area contributed by atoms with Gasteiger partial charge in [0.25, 0.3) is 0 Å². The van der Waals surface area contributed by atoms with Gasteiger partial charge in [-0.25, -0.2) is 13.6 Å². The molecule has 3 rings (SSSR count). The first-order valence-electron chi connectivity index (χ1n) is 6.75. The van der Waals surface area contributed by atoms with Gasteiger partial charge in [-0.1, -0.05) is 0 Å². The van der Waals surface area contributed by atoms with Crippen LogP contribution in [0.15, 0.2) is 23.1 Å². The molecule has 1 saturated heterocycles. The van der Waals surface area contributed by atoms with Crippen molar-refractivity contribution in [1.29, 1.82) is 0 Å². The van der Waals surface area contributed by atoms with Gasteiger partial charge < -0.3 is 15.8 Å². The Morgan fingerprint density at radius 3 is 2.65 bits per heavy atom. The van der Waals surface area contributed by atoms with Crippen LogP contribution in [0.4, 0.5) is 11.4 Å². The number of nitrogen functional groups attached to an aromatic ring is 1. The van der Waals surface area contributed by atoms with Gasteiger partial charge in [-0.3, -0.25) is 0 Å². The Morgan fingerprint density at radius 1 is 1.25 bits per heavy atom. The van der Waals surface area contributed by atoms with E-state index in [9.17, 15) is 8.42 Å². The van der Waals surface area contributed by atoms with E-state index in [1.165, 1.54) is 25.0 Å². The first-order valence-corrected chi connectivity index (χ1v) is 8.30. The van der Waals surface area contributed by atoms with Crippen LogP contribution in [-0.4, -0.2) is 27.2 Å². The van der Waals surface area contributed by atoms with Crippen molar-refractivity contribution >= 4 is 21.4 Å². The van der Waals surface area contributed by atoms with Crippen molar-refractivity contribution in [3.05, 3.63) is 18.2 Å². The minimum Gasteiger partial charge on any atom is -0.397 e. The average molecular weight is 297 g/mol. The van der Waals surface area contributed by atoms with Crippen LogP contribution in [0, 0.1) is 5.92 Å². The summed E-state index contributed by atoms with van der Waals surface area (Å²) < 4.78 is 28.6. The van der Waals surface area contributed by atoms with Crippen molar-refractivity contribution < 1.29 is 13.2 Å². The molecule has 0 radical (unpaired) electrons. The van der Waals surface area contributed by atoms with E-state index in [-0.39, 0.29) is 17.0 Å². The first-order chi connectivity index (χ1) is 9.45. The fourth-order valence-corrected chi connectivity index (χ4v) is 3.23. The lowest BCUT2D eigenvalue weighted by molar-refractivity contribution is 0.0898. The summed E-state index contributed by atoms with van der Waals surface area (Å²) in [4.78, 5) is 0.0658. The van der Waals surface area contributed by atoms with Gasteiger partial charge >= 0.3 is 0 Å². The van der Waals surface area contributed by atoms with Crippen molar-refractivity contribution in [3.8, 4) is 0 Å². The summed E-state index contributed by atoms with van der Waals surface area (Å²) >= 11 is 0. The molecule has 2 aliphatic rings. The van der Waals surface area contributed by atoms with Gasteiger partial charge in [-0.05, 0) is 43.4 Å². The molecule has 2 atom stereocenters. The smallest absolute Gasteiger partial charge is 0.238 e. The van der Waals surface area contributed by atoms with Crippen LogP contribution in [0.1, 0.15) is 19.3 Å². The number of ether oxygens (including phenoxy) is 1. The lowest BCUT2D eigenvalue weighted by Crippen LogP contribution is -2.31. The molecule has 2 fully saturated rings. The minimum atomic E-state index is -3.72. The Bertz CT molecular complexity index is 613. The van der Waals surface area contributed by atoms with Crippen molar-refractivity contribution in [1.82, 2.24) is 0 Å². The molecule has 1 aliphatic heterocycles. The zero-order chi connectivity index (χ0) is 14.3. The third kappa shape index (κ3) is 2.74. The molecule has 1 aromatic carbocycles. The van der Waals surface area contributed by atoms with Crippen LogP contribution in [0.5, 0.6) is 0 Å². The molecule has 1 heterocycles. The highest BCUT2D eigenvalue weighted by Crippen LogP contribution is 2.40. The second-order valence-corrected chi connectivity index (χ2v) is 7.07. The highest BCUT2D eigenvalue weighted by molar-refractivity contribution is 7.89. The van der Waals surface area contributed by atoms with Crippen molar-refractivity contribution in [2.24, 2.45) is 11.1 Å². The monoisotopic (exact) mass is 297 g/mol. The third-order valence-electron chi connectivity index (χ3n) is 3.92. The standard InChI is InChI=1S/C13H19N3O3S/c14-10-4-3-9(20(15,17)18)7-12(10)16-11-5-6-19-13(11)8-1-2-8/h3-4,7-8,11,13,16H,1-2,5-6,14H2,(H2,15,17,18). The van der Waals surface area contributed by atoms with E-state index in [1.807, 2.05) is 0 Å². The van der Waals surface area contributed by atoms with Crippen molar-refractivity contribution in [3.63, 3.8) is 0 Å². The van der Waals surface area contributed by atoms with Gasteiger partial charge in [0.05, 0.1) is 28.4 Å². The van der Waals surface area contributed by atoms with Crippen LogP contribution in [0.2, 0.25) is 0 Å². The fourth-order valence-electron chi connectivity index (χ4n) is 2.69. The van der Waals surface area contributed by atoms with Gasteiger partial charge in [0.15, 0.2) is 0 Å². The summed E-state index contributed by atoms with van der Waals surface area (Å²) in [6, 6.07) is 4.65. The van der Waals surface area contributed by atoms with Crippen LogP contribution < -0.4 is 16.2 Å². The number of hydrogen-bond donors (Lipinski definition) is 3. The van der Waals surface area contributed by atoms with Crippen LogP contribution in [0.3, 0.4) is 0 Å². The minimum absolute atomic E-state index is 0.0658. The molecule has 2 unspecified atom stereocenters. The van der Waals surface area contributed by atoms with E-state index >= 15 is 0 Å². The van der Waals surface area contributed by atoms with E-state index in [2.05, 4.69) is 5.32 Å². The van der Waals surface area contributed by atoms with E-state index in [1.54, 1.807) is 6.07 Å². The number of nitrogens with one attached hydrogen (secondary N) is 1. The highest BCUT2D eigenvalue weighted by Gasteiger charge is 2.40. The number of anilines is 2. The second-order valence-electron chi connectivity index (χ2n) is 5.51. The largest absolute Gasteiger partial charge is 0.397 e. The summed E-state index contributed by atoms with van der Waals surface area (Å²) in [7, 11) is -3.72. The zero-order valence-electron chi connectivity index (χ0n) is 11.1. The Hall–Kier alpha value is -1.31. The molecule has 0 spiro atoms. The van der Waals surface area contributed by atoms with Crippen molar-refractivity contribution in [2.45, 2.75) is 36.3 Å². The Morgan fingerprint density at radius 2 is 2.00 bits per heavy atom. The zero-order valence-corrected chi connectivity index (χ0v) is 11.9. The van der Waals surface area contributed by atoms with Gasteiger partial charge in [-0.15, -0.1) is 0 Å². The quantitative estimate of drug-likeness (QED) is 0.716. The summed E-state index contributed by atoms with van der Waals surface area (Å²) in [5, 5.41) is 8.47. The summed E-state index contributed by atoms with van der Waals surface area (Å²) in [5.41, 5.74) is 7.03. The Balaban J connectivity index is 1.82. The van der Waals surface area contributed by atoms with Gasteiger partial charge in [0, 0.05) is 6.61 Å². The number of benzene rings is 1. The average Bonchev–Trinajstić information content (AvgIpc) is 3.11. The molecule has 1 aromatic rings. The molecular weight excluding hydrogens is 278 g/mol. The summed E-state index contributed by atoms with van der Waals surface area (Å²) in [5.74, 6) is 0.623. The van der Waals surface area contributed by atoms with Crippen LogP contribution in [-0.2, 0) is 14.8 Å². The molecule has 1 aliphatic carbocycles. The summed E-state index contributed by atoms with van der Waals surface area (Å²) in [6.45, 7) is 0.730. The molecule has 0 bridgehead atoms. The van der Waals surface area contributed by atoms with Crippen LogP contribution >= 0.6 is 0 Å². The van der Waals surface area contributed by atoms with E-state index in [0.29, 0.717) is 17.3 Å². The van der Waals surface area contributed by atoms with Crippen molar-refractivity contribution in [2.75, 3.05) is 17.7 Å². The second kappa shape index (κ2) is 4.91. The third-order valence-corrected chi connectivity index (χ3v) is 4.83. The predicted octanol–water partition coefficient (Wildman–Crippen LogP) is 0.896. The SMILES string of the molecule is Nc1ccc(S(N)(=O)=O)cc1NC1CCOC1C1CC1. The molecule has 6 nitrogen and oxygen atoms in total. The molecule has 0 amide bonds. The highest BCUT2D eigenvalue weighted by atomic mass is 32.2. The normalized spacial score (nSPS) is 26.6. The van der Waals surface area contributed by atoms with Gasteiger partial charge in [-0.2, -0.15) is 0 Å². The molecule has 110 valence electrons. The number of nitrogens with two attached hydrogens (primary N) is 2. The maximum absolute atomic E-state index is 11.4. The molecule has 1 saturated carbocycles. The number of rotatable bonds is 4. The lowest BCUT2D eigenvalue weighted by Gasteiger charge is -2.21. The van der Waals surface area contributed by atoms with E-state index in [4.69, 9.17) is 15.6 Å². The van der Waals surface area contributed by atoms with Gasteiger partial charge in [0.1, 0.15) is 0 Å². The Labute approximate surface area is 118 Å². The maximum atomic E-state index is 11.4. The Kier molecular flexibility index (Phi) is 3.35. The molecule has 7 heteroatoms. The van der Waals surface area contributed by atoms with Crippen LogP contribution in [0.25, 0.3) is 0 Å². The molecule has 20 heavy (non-hydrogen) atoms. The van der Waals surface area contributed by atoms with E-state index in [0.717, 1.165) is 13.0 Å². The molecule has 5 N–H and O–H groups in total. The number of hydrogen-bond acceptors (Lipinski definition) is 5. The lowest BCUT2D eigenvalue weighted by atomic mass is 10.1. The maximum Gasteiger partial charge on any atom is 0.238 e. The fraction of sp³-hybridized carbons (Fsp3) is 0.538. The number of primary sulfonamides is 1.